The van der Waals surface area contributed by atoms with Crippen LogP contribution in [0.1, 0.15) is 0 Å². The summed E-state index contributed by atoms with van der Waals surface area (Å²) in [6.07, 6.45) is 1.60. The summed E-state index contributed by atoms with van der Waals surface area (Å²) in [5, 5.41) is 0. The van der Waals surface area contributed by atoms with E-state index in [1.165, 1.54) is 4.99 Å². The summed E-state index contributed by atoms with van der Waals surface area (Å²) in [5.74, 6) is 0. The molecule has 0 bridgehead atoms. The number of halogens is 2. The van der Waals surface area contributed by atoms with Crippen molar-refractivity contribution < 1.29 is 4.79 Å². The van der Waals surface area contributed by atoms with Crippen LogP contribution in [-0.4, -0.2) is 6.29 Å². The van der Waals surface area contributed by atoms with Gasteiger partial charge in [-0.25, -0.2) is 0 Å². The maximum Gasteiger partial charge on any atom is 0.241 e. The first kappa shape index (κ1) is 6.37. The molecule has 0 rings (SSSR count). The highest BCUT2D eigenvalue weighted by Crippen LogP contribution is 2.01. The van der Waals surface area contributed by atoms with Gasteiger partial charge >= 0.3 is 0 Å². The summed E-state index contributed by atoms with van der Waals surface area (Å²) < 4.78 is 0.391. The van der Waals surface area contributed by atoms with Crippen molar-refractivity contribution in [2.45, 2.75) is 0 Å². The van der Waals surface area contributed by atoms with Crippen LogP contribution >= 0.6 is 31.9 Å². The smallest absolute Gasteiger partial charge is 0.241 e. The predicted octanol–water partition coefficient (Wildman–Crippen LogP) is 1.73. The van der Waals surface area contributed by atoms with E-state index in [9.17, 15) is 4.79 Å². The second kappa shape index (κ2) is 3.56. The van der Waals surface area contributed by atoms with E-state index < -0.39 is 0 Å². The average Bonchev–Trinajstić information content (AvgIpc) is 1.65. The fourth-order valence-electron chi connectivity index (χ4n) is 0.0223. The van der Waals surface area contributed by atoms with Crippen LogP contribution in [0, 0.1) is 0 Å². The lowest BCUT2D eigenvalue weighted by Gasteiger charge is -1.67. The van der Waals surface area contributed by atoms with Crippen molar-refractivity contribution in [3.8, 4) is 0 Å². The molecule has 0 aliphatic heterocycles. The van der Waals surface area contributed by atoms with Gasteiger partial charge in [-0.15, -0.1) is 0 Å². The lowest BCUT2D eigenvalue weighted by Crippen LogP contribution is -1.61. The van der Waals surface area contributed by atoms with Gasteiger partial charge in [-0.05, 0) is 20.9 Å². The Hall–Kier alpha value is 0.370. The topological polar surface area (TPSA) is 17.1 Å². The molecule has 0 aromatic heterocycles. The van der Waals surface area contributed by atoms with Gasteiger partial charge in [-0.2, -0.15) is 0 Å². The summed E-state index contributed by atoms with van der Waals surface area (Å²) in [6.45, 7) is 0. The van der Waals surface area contributed by atoms with Crippen LogP contribution < -0.4 is 0 Å². The van der Waals surface area contributed by atoms with Crippen LogP contribution in [-0.2, 0) is 4.79 Å². The van der Waals surface area contributed by atoms with Crippen molar-refractivity contribution in [2.24, 2.45) is 0 Å². The van der Waals surface area contributed by atoms with E-state index in [0.29, 0.717) is 4.48 Å². The molecule has 33 valence electrons. The summed E-state index contributed by atoms with van der Waals surface area (Å²) in [5.41, 5.74) is 0. The minimum Gasteiger partial charge on any atom is -0.284 e. The normalized spacial score (nSPS) is 11.3. The molecule has 1 radical (unpaired) electrons. The number of hydrogen-bond acceptors (Lipinski definition) is 1. The van der Waals surface area contributed by atoms with Crippen LogP contribution in [0.3, 0.4) is 0 Å². The van der Waals surface area contributed by atoms with Crippen LogP contribution in [0.4, 0.5) is 0 Å². The molecule has 0 saturated carbocycles. The molecule has 0 unspecified atom stereocenters. The predicted molar refractivity (Wildman–Crippen MR) is 31.6 cm³/mol. The highest BCUT2D eigenvalue weighted by Gasteiger charge is 1.79. The molecule has 0 aliphatic carbocycles. The van der Waals surface area contributed by atoms with Gasteiger partial charge in [-0.3, -0.25) is 4.79 Å². The zero-order chi connectivity index (χ0) is 4.99. The quantitative estimate of drug-likeness (QED) is 0.606. The van der Waals surface area contributed by atoms with Crippen LogP contribution in [0.25, 0.3) is 0 Å². The first-order valence-electron chi connectivity index (χ1n) is 1.15. The Bertz CT molecular complexity index is 76.9. The van der Waals surface area contributed by atoms with Gasteiger partial charge in [-0.1, -0.05) is 15.9 Å². The molecule has 0 aromatic carbocycles. The minimum absolute atomic E-state index is 0.391. The Morgan fingerprint density at radius 1 is 1.83 bits per heavy atom. The largest absolute Gasteiger partial charge is 0.284 e. The van der Waals surface area contributed by atoms with E-state index in [2.05, 4.69) is 31.9 Å². The van der Waals surface area contributed by atoms with Gasteiger partial charge < -0.3 is 0 Å². The molecule has 0 fully saturated rings. The minimum atomic E-state index is 0.391. The summed E-state index contributed by atoms with van der Waals surface area (Å²) >= 11 is 5.77. The zero-order valence-corrected chi connectivity index (χ0v) is 5.91. The molecule has 0 N–H and O–H groups in total. The maximum atomic E-state index is 9.47. The highest BCUT2D eigenvalue weighted by molar-refractivity contribution is 9.14. The number of allylic oxidation sites excluding steroid dienone is 1. The Balaban J connectivity index is 3.50. The third-order valence-corrected chi connectivity index (χ3v) is 1.66. The second-order valence-electron chi connectivity index (χ2n) is 0.559. The summed E-state index contributed by atoms with van der Waals surface area (Å²) in [6, 6.07) is 0. The van der Waals surface area contributed by atoms with Crippen molar-refractivity contribution in [3.63, 3.8) is 0 Å². The third-order valence-electron chi connectivity index (χ3n) is 0.193. The first-order chi connectivity index (χ1) is 2.81. The highest BCUT2D eigenvalue weighted by atomic mass is 79.9. The van der Waals surface area contributed by atoms with Crippen molar-refractivity contribution in [3.05, 3.63) is 9.47 Å². The van der Waals surface area contributed by atoms with Crippen molar-refractivity contribution in [2.75, 3.05) is 0 Å². The lowest BCUT2D eigenvalue weighted by molar-refractivity contribution is 0.564. The Morgan fingerprint density at radius 2 is 2.33 bits per heavy atom. The SMILES string of the molecule is O=[C]C(Br)=CBr. The van der Waals surface area contributed by atoms with Crippen molar-refractivity contribution >= 4 is 38.1 Å². The molecule has 0 aromatic rings. The van der Waals surface area contributed by atoms with Crippen molar-refractivity contribution in [1.29, 1.82) is 0 Å². The number of rotatable bonds is 1. The average molecular weight is 213 g/mol. The van der Waals surface area contributed by atoms with E-state index in [1.807, 2.05) is 0 Å². The van der Waals surface area contributed by atoms with Crippen LogP contribution in [0.5, 0.6) is 0 Å². The third kappa shape index (κ3) is 2.60. The van der Waals surface area contributed by atoms with E-state index in [0.717, 1.165) is 0 Å². The van der Waals surface area contributed by atoms with Crippen LogP contribution in [0.2, 0.25) is 0 Å². The molecular formula is C3HBr2O. The van der Waals surface area contributed by atoms with E-state index in [-0.39, 0.29) is 0 Å². The summed E-state index contributed by atoms with van der Waals surface area (Å²) in [4.78, 5) is 10.9. The molecule has 1 nitrogen and oxygen atoms in total. The molecule has 0 amide bonds. The van der Waals surface area contributed by atoms with Gasteiger partial charge in [0.2, 0.25) is 6.29 Å². The molecule has 3 heteroatoms. The monoisotopic (exact) mass is 211 g/mol. The lowest BCUT2D eigenvalue weighted by atomic mass is 10.7. The van der Waals surface area contributed by atoms with Gasteiger partial charge in [0.1, 0.15) is 0 Å². The zero-order valence-electron chi connectivity index (χ0n) is 2.74. The maximum absolute atomic E-state index is 9.47. The molecule has 6 heavy (non-hydrogen) atoms. The van der Waals surface area contributed by atoms with Crippen molar-refractivity contribution in [1.82, 2.24) is 0 Å². The van der Waals surface area contributed by atoms with E-state index in [1.54, 1.807) is 6.29 Å². The Morgan fingerprint density at radius 3 is 2.33 bits per heavy atom. The molecule has 0 aliphatic rings. The molecule has 0 atom stereocenters. The first-order valence-corrected chi connectivity index (χ1v) is 2.86. The van der Waals surface area contributed by atoms with E-state index >= 15 is 0 Å². The van der Waals surface area contributed by atoms with Crippen LogP contribution in [0.15, 0.2) is 9.47 Å². The molecule has 0 heterocycles. The van der Waals surface area contributed by atoms with E-state index in [4.69, 9.17) is 0 Å². The van der Waals surface area contributed by atoms with Gasteiger partial charge in [0, 0.05) is 0 Å². The number of hydrogen-bond donors (Lipinski definition) is 0. The molecule has 0 saturated heterocycles. The van der Waals surface area contributed by atoms with Gasteiger partial charge in [0.25, 0.3) is 0 Å². The number of carbonyl (C=O) groups excluding carboxylic acids is 1. The second-order valence-corrected chi connectivity index (χ2v) is 1.87. The van der Waals surface area contributed by atoms with Gasteiger partial charge in [0.15, 0.2) is 0 Å². The molecule has 0 spiro atoms. The summed E-state index contributed by atoms with van der Waals surface area (Å²) in [7, 11) is 0. The fraction of sp³-hybridized carbons (Fsp3) is 0. The Labute approximate surface area is 52.7 Å². The van der Waals surface area contributed by atoms with Gasteiger partial charge in [0.05, 0.1) is 4.48 Å². The fourth-order valence-corrected chi connectivity index (χ4v) is 0.116. The molecular weight excluding hydrogens is 212 g/mol. The standard InChI is InChI=1S/C3HBr2O/c4-1-3(5)2-6/h1H. The Kier molecular flexibility index (Phi) is 3.78.